The van der Waals surface area contributed by atoms with E-state index in [0.29, 0.717) is 0 Å². The molecule has 1 heterocycles. The lowest BCUT2D eigenvalue weighted by Crippen LogP contribution is -2.43. The van der Waals surface area contributed by atoms with Crippen LogP contribution in [0, 0.1) is 11.8 Å². The first kappa shape index (κ1) is 14.3. The smallest absolute Gasteiger partial charge is 0.0468 e. The van der Waals surface area contributed by atoms with Crippen LogP contribution in [0.25, 0.3) is 0 Å². The molecule has 2 fully saturated rings. The fourth-order valence-corrected chi connectivity index (χ4v) is 3.87. The molecule has 106 valence electrons. The Morgan fingerprint density at radius 2 is 1.94 bits per heavy atom. The maximum atomic E-state index is 6.55. The van der Waals surface area contributed by atoms with Crippen LogP contribution in [-0.4, -0.2) is 18.8 Å². The Labute approximate surface area is 113 Å². The summed E-state index contributed by atoms with van der Waals surface area (Å²) in [5.74, 6) is 1.77. The zero-order chi connectivity index (χ0) is 12.8. The van der Waals surface area contributed by atoms with E-state index in [1.165, 1.54) is 64.2 Å². The second kappa shape index (κ2) is 6.91. The Morgan fingerprint density at radius 3 is 2.67 bits per heavy atom. The summed E-state index contributed by atoms with van der Waals surface area (Å²) in [6.07, 6.45) is 13.2. The molecule has 1 saturated carbocycles. The van der Waals surface area contributed by atoms with Crippen LogP contribution in [-0.2, 0) is 4.74 Å². The van der Waals surface area contributed by atoms with Gasteiger partial charge in [0.1, 0.15) is 0 Å². The Hall–Kier alpha value is -0.0800. The van der Waals surface area contributed by atoms with E-state index in [1.807, 2.05) is 0 Å². The average molecular weight is 253 g/mol. The maximum absolute atomic E-state index is 6.55. The Kier molecular flexibility index (Phi) is 5.50. The fraction of sp³-hybridized carbons (Fsp3) is 1.00. The minimum absolute atomic E-state index is 0.174. The van der Waals surface area contributed by atoms with E-state index in [9.17, 15) is 0 Å². The third-order valence-corrected chi connectivity index (χ3v) is 5.00. The van der Waals surface area contributed by atoms with Crippen LogP contribution in [0.1, 0.15) is 71.1 Å². The van der Waals surface area contributed by atoms with Crippen molar-refractivity contribution in [1.29, 1.82) is 0 Å². The predicted octanol–water partition coefficient (Wildman–Crippen LogP) is 3.88. The molecule has 2 atom stereocenters. The second-order valence-corrected chi connectivity index (χ2v) is 6.87. The zero-order valence-corrected chi connectivity index (χ0v) is 12.1. The van der Waals surface area contributed by atoms with Crippen molar-refractivity contribution in [2.24, 2.45) is 17.6 Å². The van der Waals surface area contributed by atoms with Gasteiger partial charge in [-0.15, -0.1) is 0 Å². The molecule has 2 rings (SSSR count). The van der Waals surface area contributed by atoms with Crippen molar-refractivity contribution in [2.75, 3.05) is 13.2 Å². The number of unbranched alkanes of at least 4 members (excludes halogenated alkanes) is 1. The molecule has 0 radical (unpaired) electrons. The maximum Gasteiger partial charge on any atom is 0.0468 e. The van der Waals surface area contributed by atoms with E-state index in [4.69, 9.17) is 10.5 Å². The summed E-state index contributed by atoms with van der Waals surface area (Å²) in [4.78, 5) is 0. The van der Waals surface area contributed by atoms with Gasteiger partial charge in [0, 0.05) is 18.8 Å². The van der Waals surface area contributed by atoms with Crippen LogP contribution in [0.15, 0.2) is 0 Å². The van der Waals surface area contributed by atoms with Crippen LogP contribution in [0.3, 0.4) is 0 Å². The Balaban J connectivity index is 1.59. The standard InChI is InChI=1S/C16H31NO/c1-14-5-4-10-16(17,13-14)9-3-2-6-15-7-11-18-12-8-15/h14-15H,2-13,17H2,1H3. The van der Waals surface area contributed by atoms with E-state index < -0.39 is 0 Å². The number of hydrogen-bond acceptors (Lipinski definition) is 2. The van der Waals surface area contributed by atoms with Gasteiger partial charge in [-0.1, -0.05) is 39.0 Å². The van der Waals surface area contributed by atoms with Crippen molar-refractivity contribution >= 4 is 0 Å². The third-order valence-electron chi connectivity index (χ3n) is 5.00. The molecule has 2 nitrogen and oxygen atoms in total. The number of nitrogens with two attached hydrogens (primary N) is 1. The van der Waals surface area contributed by atoms with Gasteiger partial charge in [-0.3, -0.25) is 0 Å². The lowest BCUT2D eigenvalue weighted by atomic mass is 9.74. The average Bonchev–Trinajstić information content (AvgIpc) is 2.36. The summed E-state index contributed by atoms with van der Waals surface area (Å²) in [7, 11) is 0. The fourth-order valence-electron chi connectivity index (χ4n) is 3.87. The molecule has 0 aromatic carbocycles. The van der Waals surface area contributed by atoms with Crippen LogP contribution in [0.2, 0.25) is 0 Å². The lowest BCUT2D eigenvalue weighted by molar-refractivity contribution is 0.0628. The van der Waals surface area contributed by atoms with Gasteiger partial charge in [0.05, 0.1) is 0 Å². The van der Waals surface area contributed by atoms with Gasteiger partial charge in [0.2, 0.25) is 0 Å². The molecule has 18 heavy (non-hydrogen) atoms. The largest absolute Gasteiger partial charge is 0.381 e. The molecule has 0 aromatic heterocycles. The zero-order valence-electron chi connectivity index (χ0n) is 12.1. The summed E-state index contributed by atoms with van der Waals surface area (Å²) in [6, 6.07) is 0. The summed E-state index contributed by atoms with van der Waals surface area (Å²) in [5.41, 5.74) is 6.72. The highest BCUT2D eigenvalue weighted by Gasteiger charge is 2.30. The molecule has 2 unspecified atom stereocenters. The van der Waals surface area contributed by atoms with Gasteiger partial charge in [-0.25, -0.2) is 0 Å². The molecule has 2 N–H and O–H groups in total. The highest BCUT2D eigenvalue weighted by Crippen LogP contribution is 2.34. The van der Waals surface area contributed by atoms with Crippen molar-refractivity contribution in [3.63, 3.8) is 0 Å². The summed E-state index contributed by atoms with van der Waals surface area (Å²) in [5, 5.41) is 0. The van der Waals surface area contributed by atoms with E-state index in [-0.39, 0.29) is 5.54 Å². The van der Waals surface area contributed by atoms with Gasteiger partial charge in [-0.05, 0) is 43.9 Å². The van der Waals surface area contributed by atoms with E-state index in [1.54, 1.807) is 0 Å². The molecule has 1 saturated heterocycles. The minimum Gasteiger partial charge on any atom is -0.381 e. The molecule has 1 aliphatic carbocycles. The molecular weight excluding hydrogens is 222 g/mol. The number of ether oxygens (including phenoxy) is 1. The molecule has 0 bridgehead atoms. The van der Waals surface area contributed by atoms with Gasteiger partial charge < -0.3 is 10.5 Å². The normalized spacial score (nSPS) is 34.7. The summed E-state index contributed by atoms with van der Waals surface area (Å²) in [6.45, 7) is 4.34. The summed E-state index contributed by atoms with van der Waals surface area (Å²) < 4.78 is 5.41. The molecule has 0 spiro atoms. The lowest BCUT2D eigenvalue weighted by Gasteiger charge is -2.37. The first-order valence-electron chi connectivity index (χ1n) is 8.05. The van der Waals surface area contributed by atoms with Crippen molar-refractivity contribution in [3.8, 4) is 0 Å². The van der Waals surface area contributed by atoms with Gasteiger partial charge in [-0.2, -0.15) is 0 Å². The first-order chi connectivity index (χ1) is 8.68. The molecule has 0 aromatic rings. The highest BCUT2D eigenvalue weighted by atomic mass is 16.5. The first-order valence-corrected chi connectivity index (χ1v) is 8.05. The van der Waals surface area contributed by atoms with Crippen LogP contribution in [0.5, 0.6) is 0 Å². The van der Waals surface area contributed by atoms with E-state index in [0.717, 1.165) is 25.0 Å². The molecule has 2 aliphatic rings. The van der Waals surface area contributed by atoms with Crippen molar-refractivity contribution in [1.82, 2.24) is 0 Å². The molecule has 1 aliphatic heterocycles. The van der Waals surface area contributed by atoms with Crippen molar-refractivity contribution in [3.05, 3.63) is 0 Å². The minimum atomic E-state index is 0.174. The monoisotopic (exact) mass is 253 g/mol. The van der Waals surface area contributed by atoms with Crippen LogP contribution < -0.4 is 5.73 Å². The van der Waals surface area contributed by atoms with Gasteiger partial charge >= 0.3 is 0 Å². The van der Waals surface area contributed by atoms with Gasteiger partial charge in [0.25, 0.3) is 0 Å². The quantitative estimate of drug-likeness (QED) is 0.755. The molecule has 0 amide bonds. The van der Waals surface area contributed by atoms with Gasteiger partial charge in [0.15, 0.2) is 0 Å². The van der Waals surface area contributed by atoms with Crippen LogP contribution >= 0.6 is 0 Å². The van der Waals surface area contributed by atoms with Crippen LogP contribution in [0.4, 0.5) is 0 Å². The highest BCUT2D eigenvalue weighted by molar-refractivity contribution is 4.89. The molecule has 2 heteroatoms. The molecular formula is C16H31NO. The van der Waals surface area contributed by atoms with E-state index >= 15 is 0 Å². The number of rotatable bonds is 5. The van der Waals surface area contributed by atoms with E-state index in [2.05, 4.69) is 6.92 Å². The third kappa shape index (κ3) is 4.55. The Morgan fingerprint density at radius 1 is 1.17 bits per heavy atom. The number of hydrogen-bond donors (Lipinski definition) is 1. The summed E-state index contributed by atoms with van der Waals surface area (Å²) >= 11 is 0. The Bertz CT molecular complexity index is 237. The topological polar surface area (TPSA) is 35.2 Å². The SMILES string of the molecule is CC1CCCC(N)(CCCCC2CCOCC2)C1. The van der Waals surface area contributed by atoms with Crippen molar-refractivity contribution in [2.45, 2.75) is 76.7 Å². The predicted molar refractivity (Wildman–Crippen MR) is 76.6 cm³/mol. The second-order valence-electron chi connectivity index (χ2n) is 6.87. The van der Waals surface area contributed by atoms with Crippen molar-refractivity contribution < 1.29 is 4.74 Å².